The summed E-state index contributed by atoms with van der Waals surface area (Å²) in [5.74, 6) is 0. The van der Waals surface area contributed by atoms with Crippen molar-refractivity contribution in [3.8, 4) is 0 Å². The van der Waals surface area contributed by atoms with Crippen LogP contribution in [0, 0.1) is 0 Å². The molecule has 0 saturated carbocycles. The Morgan fingerprint density at radius 2 is 2.00 bits per heavy atom. The molecule has 0 fully saturated rings. The van der Waals surface area contributed by atoms with Crippen LogP contribution in [0.4, 0.5) is 0 Å². The van der Waals surface area contributed by atoms with E-state index in [0.29, 0.717) is 11.7 Å². The highest BCUT2D eigenvalue weighted by molar-refractivity contribution is 6.29. The van der Waals surface area contributed by atoms with Crippen LogP contribution >= 0.6 is 11.6 Å². The smallest absolute Gasteiger partial charge is 0.171 e. The topological polar surface area (TPSA) is 78.7 Å². The fourth-order valence-electron chi connectivity index (χ4n) is 2.15. The summed E-state index contributed by atoms with van der Waals surface area (Å²) in [5.41, 5.74) is 10.1. The van der Waals surface area contributed by atoms with E-state index in [1.54, 1.807) is 24.7 Å². The van der Waals surface area contributed by atoms with Gasteiger partial charge in [-0.2, -0.15) is 0 Å². The van der Waals surface area contributed by atoms with Crippen LogP contribution in [0.1, 0.15) is 11.1 Å². The Labute approximate surface area is 138 Å². The predicted octanol–water partition coefficient (Wildman–Crippen LogP) is 1.33. The van der Waals surface area contributed by atoms with Gasteiger partial charge in [0.1, 0.15) is 5.15 Å². The zero-order chi connectivity index (χ0) is 16.1. The number of pyridine rings is 3. The molecule has 3 aromatic heterocycles. The van der Waals surface area contributed by atoms with Gasteiger partial charge in [-0.1, -0.05) is 11.6 Å². The van der Waals surface area contributed by atoms with Crippen molar-refractivity contribution in [3.63, 3.8) is 0 Å². The number of nitrogens with zero attached hydrogens (tertiary/aromatic N) is 3. The molecule has 0 aliphatic rings. The number of hydrogen-bond acceptors (Lipinski definition) is 4. The number of rotatable bonds is 4. The Morgan fingerprint density at radius 1 is 1.17 bits per heavy atom. The van der Waals surface area contributed by atoms with E-state index >= 15 is 0 Å². The minimum atomic E-state index is 0.439. The van der Waals surface area contributed by atoms with Crippen molar-refractivity contribution in [1.29, 1.82) is 0 Å². The Balaban J connectivity index is 1.83. The summed E-state index contributed by atoms with van der Waals surface area (Å²) in [6.45, 7) is 0.685. The second-order valence-electron chi connectivity index (χ2n) is 4.90. The molecular formula is C17H15ClN5+. The molecule has 0 aliphatic heterocycles. The standard InChI is InChI=1S/C17H14ClN5/c18-17-2-1-15-16(23-17)7-13(11-22-15)14(8-19)10-21-9-12-3-5-20-6-4-12/h1-8,10-11H,9,19H2/p+1. The first-order chi connectivity index (χ1) is 11.3. The maximum absolute atomic E-state index is 5.93. The number of fused-ring (bicyclic) bond motifs is 1. The highest BCUT2D eigenvalue weighted by Crippen LogP contribution is 2.17. The molecule has 3 aromatic rings. The van der Waals surface area contributed by atoms with Gasteiger partial charge in [-0.3, -0.25) is 9.97 Å². The molecule has 0 aromatic carbocycles. The number of hydrogen-bond donors (Lipinski definition) is 2. The monoisotopic (exact) mass is 324 g/mol. The van der Waals surface area contributed by atoms with Crippen LogP contribution in [-0.2, 0) is 6.54 Å². The number of nitrogens with two attached hydrogens (primary N) is 1. The Bertz CT molecular complexity index is 875. The minimum absolute atomic E-state index is 0.439. The van der Waals surface area contributed by atoms with Crippen LogP contribution in [-0.4, -0.2) is 21.2 Å². The highest BCUT2D eigenvalue weighted by Gasteiger charge is 2.05. The van der Waals surface area contributed by atoms with E-state index in [4.69, 9.17) is 17.3 Å². The third-order valence-corrected chi connectivity index (χ3v) is 3.54. The van der Waals surface area contributed by atoms with Crippen molar-refractivity contribution in [2.45, 2.75) is 6.54 Å². The molecule has 0 spiro atoms. The van der Waals surface area contributed by atoms with Crippen molar-refractivity contribution < 1.29 is 4.99 Å². The van der Waals surface area contributed by atoms with Crippen molar-refractivity contribution in [3.05, 3.63) is 71.4 Å². The number of halogens is 1. The Hall–Kier alpha value is -2.79. The minimum Gasteiger partial charge on any atom is -0.404 e. The SMILES string of the molecule is NC=C(C=[NH+]Cc1ccncc1)c1cnc2ccc(Cl)nc2c1. The summed E-state index contributed by atoms with van der Waals surface area (Å²) in [4.78, 5) is 15.9. The summed E-state index contributed by atoms with van der Waals surface area (Å²) < 4.78 is 0. The molecule has 0 unspecified atom stereocenters. The summed E-state index contributed by atoms with van der Waals surface area (Å²) in [6, 6.07) is 9.38. The van der Waals surface area contributed by atoms with Gasteiger partial charge in [0.05, 0.1) is 16.6 Å². The second kappa shape index (κ2) is 6.98. The van der Waals surface area contributed by atoms with Crippen molar-refractivity contribution in [2.24, 2.45) is 5.73 Å². The van der Waals surface area contributed by atoms with E-state index in [0.717, 1.165) is 27.7 Å². The van der Waals surface area contributed by atoms with Crippen LogP contribution in [0.25, 0.3) is 16.6 Å². The van der Waals surface area contributed by atoms with E-state index < -0.39 is 0 Å². The van der Waals surface area contributed by atoms with E-state index in [1.165, 1.54) is 6.20 Å². The first-order valence-corrected chi connectivity index (χ1v) is 7.44. The van der Waals surface area contributed by atoms with Crippen molar-refractivity contribution in [2.75, 3.05) is 0 Å². The number of nitrogens with one attached hydrogen (secondary N) is 1. The molecule has 3 heterocycles. The van der Waals surface area contributed by atoms with E-state index in [-0.39, 0.29) is 0 Å². The fraction of sp³-hybridized carbons (Fsp3) is 0.0588. The second-order valence-corrected chi connectivity index (χ2v) is 5.29. The van der Waals surface area contributed by atoms with Crippen molar-refractivity contribution >= 4 is 34.4 Å². The molecule has 0 bridgehead atoms. The molecule has 114 valence electrons. The molecule has 0 saturated heterocycles. The van der Waals surface area contributed by atoms with Crippen molar-refractivity contribution in [1.82, 2.24) is 15.0 Å². The zero-order valence-corrected chi connectivity index (χ0v) is 13.0. The van der Waals surface area contributed by atoms with E-state index in [1.807, 2.05) is 30.5 Å². The van der Waals surface area contributed by atoms with Gasteiger partial charge < -0.3 is 5.73 Å². The van der Waals surface area contributed by atoms with Crippen LogP contribution in [0.3, 0.4) is 0 Å². The van der Waals surface area contributed by atoms with Gasteiger partial charge in [0.2, 0.25) is 0 Å². The maximum Gasteiger partial charge on any atom is 0.171 e. The van der Waals surface area contributed by atoms with Gasteiger partial charge in [-0.25, -0.2) is 9.98 Å². The van der Waals surface area contributed by atoms with Gasteiger partial charge in [0, 0.05) is 35.9 Å². The number of aromatic nitrogens is 3. The molecule has 0 atom stereocenters. The van der Waals surface area contributed by atoms with Crippen LogP contribution in [0.15, 0.2) is 55.1 Å². The zero-order valence-electron chi connectivity index (χ0n) is 12.3. The molecule has 3 rings (SSSR count). The average molecular weight is 325 g/mol. The Kier molecular flexibility index (Phi) is 4.59. The summed E-state index contributed by atoms with van der Waals surface area (Å²) in [7, 11) is 0. The Morgan fingerprint density at radius 3 is 2.78 bits per heavy atom. The van der Waals surface area contributed by atoms with Gasteiger partial charge in [-0.15, -0.1) is 0 Å². The predicted molar refractivity (Wildman–Crippen MR) is 91.7 cm³/mol. The summed E-state index contributed by atoms with van der Waals surface area (Å²) >= 11 is 5.93. The number of allylic oxidation sites excluding steroid dienone is 1. The third-order valence-electron chi connectivity index (χ3n) is 3.33. The lowest BCUT2D eigenvalue weighted by Crippen LogP contribution is -2.67. The van der Waals surface area contributed by atoms with Gasteiger partial charge >= 0.3 is 0 Å². The first-order valence-electron chi connectivity index (χ1n) is 7.06. The summed E-state index contributed by atoms with van der Waals surface area (Å²) in [6.07, 6.45) is 8.68. The van der Waals surface area contributed by atoms with E-state index in [9.17, 15) is 0 Å². The lowest BCUT2D eigenvalue weighted by atomic mass is 10.1. The molecular weight excluding hydrogens is 310 g/mol. The maximum atomic E-state index is 5.93. The first kappa shape index (κ1) is 15.1. The van der Waals surface area contributed by atoms with Gasteiger partial charge in [0.15, 0.2) is 12.8 Å². The fourth-order valence-corrected chi connectivity index (χ4v) is 2.30. The van der Waals surface area contributed by atoms with Gasteiger partial charge in [-0.05, 0) is 30.3 Å². The summed E-state index contributed by atoms with van der Waals surface area (Å²) in [5, 5.41) is 0.439. The highest BCUT2D eigenvalue weighted by atomic mass is 35.5. The molecule has 0 aliphatic carbocycles. The quantitative estimate of drug-likeness (QED) is 0.560. The molecule has 23 heavy (non-hydrogen) atoms. The molecule has 6 heteroatoms. The van der Waals surface area contributed by atoms with Crippen LogP contribution in [0.5, 0.6) is 0 Å². The molecule has 0 radical (unpaired) electrons. The van der Waals surface area contributed by atoms with E-state index in [2.05, 4.69) is 19.9 Å². The largest absolute Gasteiger partial charge is 0.404 e. The van der Waals surface area contributed by atoms with Crippen LogP contribution in [0.2, 0.25) is 5.15 Å². The van der Waals surface area contributed by atoms with Crippen LogP contribution < -0.4 is 10.7 Å². The third kappa shape index (κ3) is 3.70. The lowest BCUT2D eigenvalue weighted by Gasteiger charge is -2.02. The van der Waals surface area contributed by atoms with Gasteiger partial charge in [0.25, 0.3) is 0 Å². The molecule has 0 amide bonds. The molecule has 5 nitrogen and oxygen atoms in total. The average Bonchev–Trinajstić information content (AvgIpc) is 2.59. The molecule has 3 N–H and O–H groups in total. The lowest BCUT2D eigenvalue weighted by molar-refractivity contribution is -0.468. The normalized spacial score (nSPS) is 12.1.